The van der Waals surface area contributed by atoms with Gasteiger partial charge < -0.3 is 5.32 Å². The predicted octanol–water partition coefficient (Wildman–Crippen LogP) is 0.263. The van der Waals surface area contributed by atoms with E-state index >= 15 is 0 Å². The summed E-state index contributed by atoms with van der Waals surface area (Å²) in [5.74, 6) is 0.827. The van der Waals surface area contributed by atoms with Crippen molar-refractivity contribution >= 4 is 17.6 Å². The molecule has 2 heterocycles. The Labute approximate surface area is 99.1 Å². The molecular weight excluding hydrogens is 220 g/mol. The number of nitrogens with zero attached hydrogens (tertiary/aromatic N) is 3. The average Bonchev–Trinajstić information content (AvgIpc) is 2.45. The van der Waals surface area contributed by atoms with Gasteiger partial charge >= 0.3 is 0 Å². The average molecular weight is 234 g/mol. The lowest BCUT2D eigenvalue weighted by molar-refractivity contribution is -0.136. The summed E-state index contributed by atoms with van der Waals surface area (Å²) >= 11 is 0. The zero-order chi connectivity index (χ0) is 12.6. The van der Waals surface area contributed by atoms with Crippen molar-refractivity contribution < 1.29 is 9.59 Å². The van der Waals surface area contributed by atoms with E-state index < -0.39 is 6.04 Å². The smallest absolute Gasteiger partial charge is 0.251 e. The maximum atomic E-state index is 11.7. The molecule has 0 aliphatic carbocycles. The largest absolute Gasteiger partial charge is 0.358 e. The van der Waals surface area contributed by atoms with Crippen molar-refractivity contribution in [3.05, 3.63) is 17.6 Å². The molecule has 1 saturated heterocycles. The molecule has 1 fully saturated rings. The Kier molecular flexibility index (Phi) is 2.79. The van der Waals surface area contributed by atoms with Crippen LogP contribution in [0.4, 0.5) is 5.82 Å². The monoisotopic (exact) mass is 234 g/mol. The van der Waals surface area contributed by atoms with E-state index in [1.54, 1.807) is 13.0 Å². The van der Waals surface area contributed by atoms with Crippen LogP contribution in [0.25, 0.3) is 0 Å². The number of nitrogens with one attached hydrogen (secondary N) is 1. The van der Waals surface area contributed by atoms with Crippen LogP contribution in [0.15, 0.2) is 6.07 Å². The second-order valence-corrected chi connectivity index (χ2v) is 4.13. The van der Waals surface area contributed by atoms with E-state index in [0.29, 0.717) is 11.6 Å². The van der Waals surface area contributed by atoms with Crippen LogP contribution in [0, 0.1) is 13.8 Å². The molecule has 1 aliphatic rings. The van der Waals surface area contributed by atoms with Crippen molar-refractivity contribution in [2.75, 3.05) is 12.4 Å². The van der Waals surface area contributed by atoms with Gasteiger partial charge in [0.15, 0.2) is 0 Å². The topological polar surface area (TPSA) is 75.2 Å². The van der Waals surface area contributed by atoms with E-state index in [0.717, 1.165) is 10.6 Å². The van der Waals surface area contributed by atoms with E-state index in [1.165, 1.54) is 7.05 Å². The summed E-state index contributed by atoms with van der Waals surface area (Å²) in [6, 6.07) is 1.24. The molecule has 1 unspecified atom stereocenters. The maximum absolute atomic E-state index is 11.7. The Bertz CT molecular complexity index is 466. The molecule has 1 aliphatic heterocycles. The minimum atomic E-state index is -0.513. The van der Waals surface area contributed by atoms with Gasteiger partial charge in [-0.05, 0) is 13.8 Å². The summed E-state index contributed by atoms with van der Waals surface area (Å²) < 4.78 is 0. The molecule has 2 rings (SSSR count). The fraction of sp³-hybridized carbons (Fsp3) is 0.455. The first kappa shape index (κ1) is 11.5. The fourth-order valence-electron chi connectivity index (χ4n) is 1.84. The van der Waals surface area contributed by atoms with Crippen LogP contribution in [0.2, 0.25) is 0 Å². The highest BCUT2D eigenvalue weighted by molar-refractivity contribution is 6.06. The number of carbonyl (C=O) groups excluding carboxylic acids is 2. The molecule has 0 saturated carbocycles. The lowest BCUT2D eigenvalue weighted by Gasteiger charge is -2.12. The Hall–Kier alpha value is -1.98. The lowest BCUT2D eigenvalue weighted by Crippen LogP contribution is -2.32. The standard InChI is InChI=1S/C11H14N4O2/c1-6-4-9(13-7(2)12-6)14-8-5-10(16)15(3)11(8)17/h4,8H,5H2,1-3H3,(H,12,13,14). The molecule has 17 heavy (non-hydrogen) atoms. The molecule has 0 spiro atoms. The van der Waals surface area contributed by atoms with Crippen molar-refractivity contribution in [1.82, 2.24) is 14.9 Å². The number of carbonyl (C=O) groups is 2. The summed E-state index contributed by atoms with van der Waals surface area (Å²) in [6.45, 7) is 3.64. The number of rotatable bonds is 2. The molecule has 1 N–H and O–H groups in total. The number of anilines is 1. The summed E-state index contributed by atoms with van der Waals surface area (Å²) in [6.07, 6.45) is 0.178. The van der Waals surface area contributed by atoms with Gasteiger partial charge in [0.25, 0.3) is 5.91 Å². The Morgan fingerprint density at radius 3 is 2.59 bits per heavy atom. The van der Waals surface area contributed by atoms with Crippen molar-refractivity contribution in [3.8, 4) is 0 Å². The summed E-state index contributed by atoms with van der Waals surface area (Å²) in [4.78, 5) is 32.5. The number of hydrogen-bond donors (Lipinski definition) is 1. The van der Waals surface area contributed by atoms with E-state index in [1.807, 2.05) is 6.92 Å². The Morgan fingerprint density at radius 1 is 1.35 bits per heavy atom. The summed E-state index contributed by atoms with van der Waals surface area (Å²) in [5.41, 5.74) is 0.824. The van der Waals surface area contributed by atoms with Gasteiger partial charge in [-0.2, -0.15) is 0 Å². The summed E-state index contributed by atoms with van der Waals surface area (Å²) in [5, 5.41) is 2.97. The number of imide groups is 1. The highest BCUT2D eigenvalue weighted by Crippen LogP contribution is 2.16. The molecule has 0 radical (unpaired) electrons. The first-order chi connectivity index (χ1) is 7.97. The second kappa shape index (κ2) is 4.12. The molecule has 2 amide bonds. The summed E-state index contributed by atoms with van der Waals surface area (Å²) in [7, 11) is 1.49. The van der Waals surface area contributed by atoms with Gasteiger partial charge in [0.2, 0.25) is 5.91 Å². The van der Waals surface area contributed by atoms with Crippen LogP contribution in [0.1, 0.15) is 17.9 Å². The molecule has 6 heteroatoms. The number of aromatic nitrogens is 2. The van der Waals surface area contributed by atoms with Gasteiger partial charge in [-0.25, -0.2) is 9.97 Å². The highest BCUT2D eigenvalue weighted by Gasteiger charge is 2.36. The SMILES string of the molecule is Cc1cc(NC2CC(=O)N(C)C2=O)nc(C)n1. The van der Waals surface area contributed by atoms with E-state index in [9.17, 15) is 9.59 Å². The van der Waals surface area contributed by atoms with Crippen molar-refractivity contribution in [2.45, 2.75) is 26.3 Å². The Balaban J connectivity index is 2.16. The molecule has 6 nitrogen and oxygen atoms in total. The fourth-order valence-corrected chi connectivity index (χ4v) is 1.84. The minimum absolute atomic E-state index is 0.171. The van der Waals surface area contributed by atoms with Gasteiger partial charge in [-0.15, -0.1) is 0 Å². The van der Waals surface area contributed by atoms with Gasteiger partial charge in [-0.1, -0.05) is 0 Å². The lowest BCUT2D eigenvalue weighted by atomic mass is 10.2. The molecule has 1 aromatic heterocycles. The quantitative estimate of drug-likeness (QED) is 0.743. The number of hydrogen-bond acceptors (Lipinski definition) is 5. The zero-order valence-electron chi connectivity index (χ0n) is 10.0. The first-order valence-electron chi connectivity index (χ1n) is 5.36. The van der Waals surface area contributed by atoms with Crippen LogP contribution in [0.5, 0.6) is 0 Å². The predicted molar refractivity (Wildman–Crippen MR) is 61.3 cm³/mol. The molecule has 90 valence electrons. The van der Waals surface area contributed by atoms with E-state index in [-0.39, 0.29) is 18.2 Å². The third-order valence-corrected chi connectivity index (χ3v) is 2.67. The third-order valence-electron chi connectivity index (χ3n) is 2.67. The van der Waals surface area contributed by atoms with Gasteiger partial charge in [-0.3, -0.25) is 14.5 Å². The number of likely N-dealkylation sites (N-methyl/N-ethyl adjacent to an activating group) is 1. The van der Waals surface area contributed by atoms with Crippen LogP contribution < -0.4 is 5.32 Å². The number of likely N-dealkylation sites (tertiary alicyclic amines) is 1. The van der Waals surface area contributed by atoms with Crippen molar-refractivity contribution in [3.63, 3.8) is 0 Å². The minimum Gasteiger partial charge on any atom is -0.358 e. The molecule has 0 aromatic carbocycles. The zero-order valence-corrected chi connectivity index (χ0v) is 10.0. The van der Waals surface area contributed by atoms with Gasteiger partial charge in [0.05, 0.1) is 6.42 Å². The van der Waals surface area contributed by atoms with E-state index in [4.69, 9.17) is 0 Å². The molecular formula is C11H14N4O2. The van der Waals surface area contributed by atoms with Crippen molar-refractivity contribution in [2.24, 2.45) is 0 Å². The molecule has 0 bridgehead atoms. The normalized spacial score (nSPS) is 19.9. The first-order valence-corrected chi connectivity index (χ1v) is 5.36. The van der Waals surface area contributed by atoms with E-state index in [2.05, 4.69) is 15.3 Å². The second-order valence-electron chi connectivity index (χ2n) is 4.13. The van der Waals surface area contributed by atoms with Crippen LogP contribution in [-0.4, -0.2) is 39.8 Å². The van der Waals surface area contributed by atoms with Crippen molar-refractivity contribution in [1.29, 1.82) is 0 Å². The van der Waals surface area contributed by atoms with Crippen LogP contribution in [0.3, 0.4) is 0 Å². The van der Waals surface area contributed by atoms with Gasteiger partial charge in [0, 0.05) is 18.8 Å². The number of aryl methyl sites for hydroxylation is 2. The number of amides is 2. The Morgan fingerprint density at radius 2 is 2.06 bits per heavy atom. The third kappa shape index (κ3) is 2.25. The van der Waals surface area contributed by atoms with Crippen LogP contribution >= 0.6 is 0 Å². The van der Waals surface area contributed by atoms with Crippen LogP contribution in [-0.2, 0) is 9.59 Å². The molecule has 1 atom stereocenters. The molecule has 1 aromatic rings. The maximum Gasteiger partial charge on any atom is 0.251 e. The van der Waals surface area contributed by atoms with Gasteiger partial charge in [0.1, 0.15) is 17.7 Å². The highest BCUT2D eigenvalue weighted by atomic mass is 16.2.